The minimum atomic E-state index is -0.639. The number of hydrogen-bond donors (Lipinski definition) is 1. The van der Waals surface area contributed by atoms with Gasteiger partial charge in [-0.3, -0.25) is 4.79 Å². The Bertz CT molecular complexity index is 63.2. The van der Waals surface area contributed by atoms with E-state index in [4.69, 9.17) is 5.40 Å². The van der Waals surface area contributed by atoms with Crippen LogP contribution in [0.15, 0.2) is 0 Å². The Balaban J connectivity index is 0. The number of hydrogen-bond acceptors (Lipinski definition) is 2. The van der Waals surface area contributed by atoms with E-state index in [0.29, 0.717) is 0 Å². The summed E-state index contributed by atoms with van der Waals surface area (Å²) >= 11 is 0. The molecule has 0 fully saturated rings. The SMILES string of the molecule is CN(C)C=O.C[SiH](C)N. The van der Waals surface area contributed by atoms with Crippen molar-refractivity contribution in [2.45, 2.75) is 13.1 Å². The molecular weight excluding hydrogens is 132 g/mol. The van der Waals surface area contributed by atoms with Gasteiger partial charge in [-0.05, 0) is 0 Å². The monoisotopic (exact) mass is 148 g/mol. The van der Waals surface area contributed by atoms with E-state index in [-0.39, 0.29) is 0 Å². The van der Waals surface area contributed by atoms with Crippen molar-refractivity contribution < 1.29 is 4.79 Å². The second-order valence-corrected chi connectivity index (χ2v) is 4.80. The number of nitrogens with zero attached hydrogens (tertiary/aromatic N) is 1. The lowest BCUT2D eigenvalue weighted by atomic mass is 11.0. The standard InChI is InChI=1S/C3H7NO.C2H9NSi/c1-4(2)3-5;1-4(2)3/h3H,1-2H3;4H,3H2,1-2H3. The number of carbonyl (C=O) groups excluding carboxylic acids is 1. The molecule has 0 radical (unpaired) electrons. The highest BCUT2D eigenvalue weighted by Crippen LogP contribution is 1.53. The first-order valence-electron chi connectivity index (χ1n) is 2.88. The lowest BCUT2D eigenvalue weighted by molar-refractivity contribution is -0.115. The molecule has 1 amide bonds. The van der Waals surface area contributed by atoms with Crippen LogP contribution < -0.4 is 5.40 Å². The van der Waals surface area contributed by atoms with Crippen LogP contribution in [0.4, 0.5) is 0 Å². The molecule has 0 atom stereocenters. The van der Waals surface area contributed by atoms with Crippen molar-refractivity contribution in [1.82, 2.24) is 4.90 Å². The van der Waals surface area contributed by atoms with E-state index in [2.05, 4.69) is 13.1 Å². The zero-order valence-corrected chi connectivity index (χ0v) is 7.74. The minimum absolute atomic E-state index is 0.639. The summed E-state index contributed by atoms with van der Waals surface area (Å²) < 4.78 is 0. The van der Waals surface area contributed by atoms with Crippen LogP contribution in [0.25, 0.3) is 0 Å². The van der Waals surface area contributed by atoms with Gasteiger partial charge in [-0.1, -0.05) is 13.1 Å². The average molecular weight is 148 g/mol. The first-order valence-corrected chi connectivity index (χ1v) is 5.85. The van der Waals surface area contributed by atoms with E-state index < -0.39 is 8.96 Å². The second-order valence-electron chi connectivity index (χ2n) is 2.31. The van der Waals surface area contributed by atoms with Gasteiger partial charge in [-0.2, -0.15) is 0 Å². The lowest BCUT2D eigenvalue weighted by Crippen LogP contribution is -2.13. The quantitative estimate of drug-likeness (QED) is 0.407. The second kappa shape index (κ2) is 7.65. The summed E-state index contributed by atoms with van der Waals surface area (Å²) in [6.45, 7) is 4.17. The van der Waals surface area contributed by atoms with Crippen molar-refractivity contribution in [3.63, 3.8) is 0 Å². The molecule has 0 spiro atoms. The fraction of sp³-hybridized carbons (Fsp3) is 0.800. The van der Waals surface area contributed by atoms with Crippen molar-refractivity contribution in [2.24, 2.45) is 5.40 Å². The summed E-state index contributed by atoms with van der Waals surface area (Å²) in [4.78, 5) is 10.9. The highest BCUT2D eigenvalue weighted by Gasteiger charge is 1.71. The molecule has 3 nitrogen and oxygen atoms in total. The third-order valence-electron chi connectivity index (χ3n) is 0.211. The fourth-order valence-electron chi connectivity index (χ4n) is 0. The Morgan fingerprint density at radius 3 is 1.56 bits per heavy atom. The smallest absolute Gasteiger partial charge is 0.209 e. The van der Waals surface area contributed by atoms with Crippen LogP contribution in [0.2, 0.25) is 13.1 Å². The fourth-order valence-corrected chi connectivity index (χ4v) is 0. The molecule has 56 valence electrons. The molecule has 0 aromatic heterocycles. The Hall–Kier alpha value is -0.353. The summed E-state index contributed by atoms with van der Waals surface area (Å²) in [5, 5.41) is 5.25. The predicted molar refractivity (Wildman–Crippen MR) is 42.8 cm³/mol. The first-order chi connectivity index (χ1) is 4.00. The maximum atomic E-state index is 9.43. The van der Waals surface area contributed by atoms with Gasteiger partial charge >= 0.3 is 0 Å². The first kappa shape index (κ1) is 11.4. The van der Waals surface area contributed by atoms with Crippen molar-refractivity contribution in [3.05, 3.63) is 0 Å². The van der Waals surface area contributed by atoms with E-state index in [0.717, 1.165) is 6.41 Å². The number of carbonyl (C=O) groups is 1. The molecule has 0 bridgehead atoms. The van der Waals surface area contributed by atoms with Gasteiger partial charge in [0, 0.05) is 14.1 Å². The average Bonchev–Trinajstić information content (AvgIpc) is 1.65. The Morgan fingerprint density at radius 1 is 1.44 bits per heavy atom. The molecular formula is C5H16N2OSi. The predicted octanol–water partition coefficient (Wildman–Crippen LogP) is -0.367. The molecule has 2 N–H and O–H groups in total. The molecule has 0 aromatic rings. The van der Waals surface area contributed by atoms with Gasteiger partial charge in [0.25, 0.3) is 0 Å². The van der Waals surface area contributed by atoms with Gasteiger partial charge < -0.3 is 10.3 Å². The van der Waals surface area contributed by atoms with Crippen LogP contribution in [0.1, 0.15) is 0 Å². The van der Waals surface area contributed by atoms with Gasteiger partial charge in [0.2, 0.25) is 6.41 Å². The van der Waals surface area contributed by atoms with E-state index >= 15 is 0 Å². The van der Waals surface area contributed by atoms with Crippen molar-refractivity contribution in [3.8, 4) is 0 Å². The van der Waals surface area contributed by atoms with Gasteiger partial charge in [-0.25, -0.2) is 0 Å². The van der Waals surface area contributed by atoms with Crippen LogP contribution in [0.3, 0.4) is 0 Å². The van der Waals surface area contributed by atoms with Crippen molar-refractivity contribution in [1.29, 1.82) is 0 Å². The maximum Gasteiger partial charge on any atom is 0.209 e. The maximum absolute atomic E-state index is 9.43. The molecule has 0 rings (SSSR count). The molecule has 0 unspecified atom stereocenters. The normalized spacial score (nSPS) is 7.78. The van der Waals surface area contributed by atoms with Gasteiger partial charge in [0.05, 0.1) is 8.96 Å². The molecule has 4 heteroatoms. The van der Waals surface area contributed by atoms with Crippen LogP contribution in [0.5, 0.6) is 0 Å². The summed E-state index contributed by atoms with van der Waals surface area (Å²) in [6, 6.07) is 0. The zero-order valence-electron chi connectivity index (χ0n) is 6.59. The summed E-state index contributed by atoms with van der Waals surface area (Å²) in [5.41, 5.74) is 0. The number of rotatable bonds is 1. The molecule has 0 aliphatic carbocycles. The van der Waals surface area contributed by atoms with Gasteiger partial charge in [0.15, 0.2) is 0 Å². The molecule has 0 aromatic carbocycles. The van der Waals surface area contributed by atoms with E-state index in [1.165, 1.54) is 4.90 Å². The number of amides is 1. The van der Waals surface area contributed by atoms with E-state index in [1.54, 1.807) is 14.1 Å². The van der Waals surface area contributed by atoms with E-state index in [9.17, 15) is 4.79 Å². The summed E-state index contributed by atoms with van der Waals surface area (Å²) in [7, 11) is 2.74. The topological polar surface area (TPSA) is 46.3 Å². The van der Waals surface area contributed by atoms with Crippen LogP contribution >= 0.6 is 0 Å². The van der Waals surface area contributed by atoms with Crippen molar-refractivity contribution in [2.75, 3.05) is 14.1 Å². The molecule has 0 heterocycles. The third-order valence-corrected chi connectivity index (χ3v) is 0.211. The summed E-state index contributed by atoms with van der Waals surface area (Å²) in [5.74, 6) is 0. The molecule has 0 aliphatic heterocycles. The Labute approximate surface area is 58.5 Å². The van der Waals surface area contributed by atoms with Crippen LogP contribution in [-0.4, -0.2) is 34.4 Å². The largest absolute Gasteiger partial charge is 0.353 e. The molecule has 0 saturated heterocycles. The van der Waals surface area contributed by atoms with Crippen LogP contribution in [-0.2, 0) is 4.79 Å². The number of nitrogens with two attached hydrogens (primary N) is 1. The molecule has 0 saturated carbocycles. The summed E-state index contributed by atoms with van der Waals surface area (Å²) in [6.07, 6.45) is 0.750. The minimum Gasteiger partial charge on any atom is -0.353 e. The highest BCUT2D eigenvalue weighted by molar-refractivity contribution is 6.51. The Kier molecular flexibility index (Phi) is 9.72. The van der Waals surface area contributed by atoms with Crippen molar-refractivity contribution >= 4 is 15.4 Å². The van der Waals surface area contributed by atoms with Gasteiger partial charge in [0.1, 0.15) is 0 Å². The molecule has 9 heavy (non-hydrogen) atoms. The highest BCUT2D eigenvalue weighted by atomic mass is 28.3. The third kappa shape index (κ3) is 89.9. The zero-order chi connectivity index (χ0) is 7.86. The van der Waals surface area contributed by atoms with E-state index in [1.807, 2.05) is 0 Å². The lowest BCUT2D eigenvalue weighted by Gasteiger charge is -1.93. The van der Waals surface area contributed by atoms with Gasteiger partial charge in [-0.15, -0.1) is 0 Å². The van der Waals surface area contributed by atoms with Crippen LogP contribution in [0, 0.1) is 0 Å². The Morgan fingerprint density at radius 2 is 1.56 bits per heavy atom. The molecule has 0 aliphatic rings.